The molecular formula is C19H17FN4O4S. The Kier molecular flexibility index (Phi) is 4.71. The summed E-state index contributed by atoms with van der Waals surface area (Å²) >= 11 is 0. The van der Waals surface area contributed by atoms with Crippen LogP contribution in [-0.2, 0) is 10.0 Å². The Morgan fingerprint density at radius 3 is 2.69 bits per heavy atom. The van der Waals surface area contributed by atoms with Crippen LogP contribution in [0.25, 0.3) is 5.69 Å². The lowest BCUT2D eigenvalue weighted by Gasteiger charge is -2.18. The van der Waals surface area contributed by atoms with Crippen LogP contribution < -0.4 is 9.62 Å². The summed E-state index contributed by atoms with van der Waals surface area (Å²) in [6, 6.07) is 11.6. The number of hydrogen-bond acceptors (Lipinski definition) is 5. The zero-order valence-electron chi connectivity index (χ0n) is 15.1. The highest BCUT2D eigenvalue weighted by molar-refractivity contribution is 7.93. The van der Waals surface area contributed by atoms with E-state index in [0.29, 0.717) is 18.7 Å². The zero-order chi connectivity index (χ0) is 20.6. The van der Waals surface area contributed by atoms with Gasteiger partial charge in [0.05, 0.1) is 17.1 Å². The first-order valence-electron chi connectivity index (χ1n) is 8.80. The van der Waals surface area contributed by atoms with Crippen molar-refractivity contribution in [1.82, 2.24) is 9.78 Å². The van der Waals surface area contributed by atoms with E-state index in [0.717, 1.165) is 0 Å². The number of para-hydroxylation sites is 1. The fraction of sp³-hybridized carbons (Fsp3) is 0.158. The van der Waals surface area contributed by atoms with Crippen LogP contribution in [-0.4, -0.2) is 41.5 Å². The van der Waals surface area contributed by atoms with E-state index >= 15 is 0 Å². The average molecular weight is 416 g/mol. The smallest absolute Gasteiger partial charge is 0.276 e. The number of phenolic OH excluding ortho intramolecular Hbond substituents is 1. The minimum absolute atomic E-state index is 0.00634. The number of nitrogens with one attached hydrogen (secondary N) is 1. The van der Waals surface area contributed by atoms with Gasteiger partial charge in [0.25, 0.3) is 5.91 Å². The number of phenols is 1. The molecule has 1 aromatic heterocycles. The summed E-state index contributed by atoms with van der Waals surface area (Å²) < 4.78 is 40.6. The van der Waals surface area contributed by atoms with Gasteiger partial charge in [-0.2, -0.15) is 5.10 Å². The van der Waals surface area contributed by atoms with E-state index in [9.17, 15) is 22.7 Å². The van der Waals surface area contributed by atoms with E-state index in [2.05, 4.69) is 10.4 Å². The summed E-state index contributed by atoms with van der Waals surface area (Å²) in [7, 11) is -3.39. The number of carbonyl (C=O) groups excluding carboxylic acids is 1. The minimum atomic E-state index is -3.39. The summed E-state index contributed by atoms with van der Waals surface area (Å²) in [6.07, 6.45) is 1.96. The Hall–Kier alpha value is -3.40. The van der Waals surface area contributed by atoms with Crippen LogP contribution in [0.3, 0.4) is 0 Å². The van der Waals surface area contributed by atoms with Crippen molar-refractivity contribution >= 4 is 27.3 Å². The summed E-state index contributed by atoms with van der Waals surface area (Å²) in [5.41, 5.74) is 0.602. The first-order chi connectivity index (χ1) is 13.8. The van der Waals surface area contributed by atoms with Crippen LogP contribution in [0.4, 0.5) is 15.8 Å². The molecule has 0 aliphatic carbocycles. The van der Waals surface area contributed by atoms with Gasteiger partial charge in [-0.25, -0.2) is 17.5 Å². The quantitative estimate of drug-likeness (QED) is 0.636. The van der Waals surface area contributed by atoms with Gasteiger partial charge in [0.2, 0.25) is 10.0 Å². The van der Waals surface area contributed by atoms with Gasteiger partial charge < -0.3 is 10.4 Å². The average Bonchev–Trinajstić information content (AvgIpc) is 3.30. The predicted molar refractivity (Wildman–Crippen MR) is 105 cm³/mol. The molecule has 150 valence electrons. The topological polar surface area (TPSA) is 105 Å². The highest BCUT2D eigenvalue weighted by Gasteiger charge is 2.29. The molecule has 8 nitrogen and oxygen atoms in total. The van der Waals surface area contributed by atoms with E-state index in [-0.39, 0.29) is 28.6 Å². The fourth-order valence-electron chi connectivity index (χ4n) is 3.11. The second kappa shape index (κ2) is 7.21. The van der Waals surface area contributed by atoms with E-state index in [1.807, 2.05) is 0 Å². The number of rotatable bonds is 4. The van der Waals surface area contributed by atoms with Gasteiger partial charge in [0, 0.05) is 12.7 Å². The lowest BCUT2D eigenvalue weighted by atomic mass is 10.2. The van der Waals surface area contributed by atoms with Crippen LogP contribution in [0.1, 0.15) is 16.9 Å². The van der Waals surface area contributed by atoms with E-state index in [1.165, 1.54) is 51.6 Å². The normalized spacial score (nSPS) is 15.4. The van der Waals surface area contributed by atoms with Gasteiger partial charge >= 0.3 is 0 Å². The van der Waals surface area contributed by atoms with E-state index < -0.39 is 21.7 Å². The Balaban J connectivity index is 1.58. The molecule has 4 rings (SSSR count). The van der Waals surface area contributed by atoms with Crippen molar-refractivity contribution in [2.75, 3.05) is 21.9 Å². The van der Waals surface area contributed by atoms with Crippen LogP contribution >= 0.6 is 0 Å². The number of benzene rings is 2. The molecule has 0 bridgehead atoms. The number of sulfonamides is 1. The Morgan fingerprint density at radius 2 is 1.97 bits per heavy atom. The van der Waals surface area contributed by atoms with Gasteiger partial charge in [-0.3, -0.25) is 9.10 Å². The molecule has 29 heavy (non-hydrogen) atoms. The van der Waals surface area contributed by atoms with Crippen molar-refractivity contribution < 1.29 is 22.7 Å². The van der Waals surface area contributed by atoms with Crippen molar-refractivity contribution in [1.29, 1.82) is 0 Å². The lowest BCUT2D eigenvalue weighted by Crippen LogP contribution is -2.25. The summed E-state index contributed by atoms with van der Waals surface area (Å²) in [5.74, 6) is -1.27. The number of aromatic nitrogens is 2. The molecule has 10 heteroatoms. The number of hydrogen-bond donors (Lipinski definition) is 2. The van der Waals surface area contributed by atoms with Crippen molar-refractivity contribution in [2.45, 2.75) is 6.42 Å². The van der Waals surface area contributed by atoms with Gasteiger partial charge in [-0.1, -0.05) is 12.1 Å². The third-order valence-electron chi connectivity index (χ3n) is 4.54. The number of anilines is 2. The monoisotopic (exact) mass is 416 g/mol. The highest BCUT2D eigenvalue weighted by atomic mass is 32.2. The number of aromatic hydroxyl groups is 1. The number of nitrogens with zero attached hydrogens (tertiary/aromatic N) is 3. The highest BCUT2D eigenvalue weighted by Crippen LogP contribution is 2.32. The first kappa shape index (κ1) is 18.9. The molecule has 2 heterocycles. The van der Waals surface area contributed by atoms with E-state index in [4.69, 9.17) is 0 Å². The predicted octanol–water partition coefficient (Wildman–Crippen LogP) is 2.51. The third kappa shape index (κ3) is 3.66. The molecule has 0 radical (unpaired) electrons. The lowest BCUT2D eigenvalue weighted by molar-refractivity contribution is 0.102. The largest absolute Gasteiger partial charge is 0.506 e. The summed E-state index contributed by atoms with van der Waals surface area (Å²) in [4.78, 5) is 12.5. The second-order valence-electron chi connectivity index (χ2n) is 6.49. The van der Waals surface area contributed by atoms with E-state index in [1.54, 1.807) is 12.1 Å². The van der Waals surface area contributed by atoms with Crippen LogP contribution in [0, 0.1) is 5.82 Å². The molecule has 1 fully saturated rings. The molecule has 0 saturated carbocycles. The molecule has 2 N–H and O–H groups in total. The van der Waals surface area contributed by atoms with Crippen LogP contribution in [0.2, 0.25) is 0 Å². The van der Waals surface area contributed by atoms with Crippen LogP contribution in [0.15, 0.2) is 54.7 Å². The fourth-order valence-corrected chi connectivity index (χ4v) is 4.67. The Labute approximate surface area is 166 Å². The number of halogens is 1. The molecule has 1 aliphatic rings. The Morgan fingerprint density at radius 1 is 1.17 bits per heavy atom. The maximum Gasteiger partial charge on any atom is 0.276 e. The molecule has 0 spiro atoms. The molecule has 2 aromatic carbocycles. The van der Waals surface area contributed by atoms with Crippen molar-refractivity contribution in [2.24, 2.45) is 0 Å². The second-order valence-corrected chi connectivity index (χ2v) is 8.51. The molecule has 1 amide bonds. The molecular weight excluding hydrogens is 399 g/mol. The molecule has 0 unspecified atom stereocenters. The van der Waals surface area contributed by atoms with Gasteiger partial charge in [0.1, 0.15) is 17.3 Å². The SMILES string of the molecule is O=C(Nc1cc(N2CCCS2(=O)=O)ccc1O)c1ccn(-c2ccccc2F)n1. The van der Waals surface area contributed by atoms with Crippen LogP contribution in [0.5, 0.6) is 5.75 Å². The summed E-state index contributed by atoms with van der Waals surface area (Å²) in [6.45, 7) is 0.341. The zero-order valence-corrected chi connectivity index (χ0v) is 15.9. The van der Waals surface area contributed by atoms with Gasteiger partial charge in [-0.05, 0) is 42.8 Å². The minimum Gasteiger partial charge on any atom is -0.506 e. The molecule has 3 aromatic rings. The third-order valence-corrected chi connectivity index (χ3v) is 6.41. The van der Waals surface area contributed by atoms with Crippen molar-refractivity contribution in [3.63, 3.8) is 0 Å². The maximum absolute atomic E-state index is 13.9. The van der Waals surface area contributed by atoms with Crippen molar-refractivity contribution in [3.05, 3.63) is 66.2 Å². The standard InChI is InChI=1S/C19H17FN4O4S/c20-14-4-1-2-5-17(14)23-10-8-15(22-23)19(26)21-16-12-13(6-7-18(16)25)24-9-3-11-29(24,27)28/h1-2,4-8,10,12,25H,3,9,11H2,(H,21,26). The number of amides is 1. The van der Waals surface area contributed by atoms with Gasteiger partial charge in [0.15, 0.2) is 5.69 Å². The number of carbonyl (C=O) groups is 1. The maximum atomic E-state index is 13.9. The molecule has 1 aliphatic heterocycles. The summed E-state index contributed by atoms with van der Waals surface area (Å²) in [5, 5.41) is 16.6. The molecule has 0 atom stereocenters. The Bertz CT molecular complexity index is 1190. The molecule has 1 saturated heterocycles. The van der Waals surface area contributed by atoms with Crippen molar-refractivity contribution in [3.8, 4) is 11.4 Å². The first-order valence-corrected chi connectivity index (χ1v) is 10.4. The van der Waals surface area contributed by atoms with Gasteiger partial charge in [-0.15, -0.1) is 0 Å².